The molecule has 1 saturated heterocycles. The Labute approximate surface area is 141 Å². The van der Waals surface area contributed by atoms with Crippen molar-refractivity contribution in [3.05, 3.63) is 54.1 Å². The zero-order valence-corrected chi connectivity index (χ0v) is 13.8. The summed E-state index contributed by atoms with van der Waals surface area (Å²) in [6.45, 7) is 5.04. The molecular formula is C18H22N6. The highest BCUT2D eigenvalue weighted by molar-refractivity contribution is 6.04. The van der Waals surface area contributed by atoms with E-state index in [0.717, 1.165) is 42.2 Å². The molecule has 0 amide bonds. The van der Waals surface area contributed by atoms with Gasteiger partial charge in [0.25, 0.3) is 0 Å². The summed E-state index contributed by atoms with van der Waals surface area (Å²) in [5.74, 6) is 0. The number of nitrogens with zero attached hydrogens (tertiary/aromatic N) is 4. The summed E-state index contributed by atoms with van der Waals surface area (Å²) in [7, 11) is 0. The first-order valence-electron chi connectivity index (χ1n) is 8.37. The van der Waals surface area contributed by atoms with Crippen LogP contribution in [-0.2, 0) is 5.66 Å². The first kappa shape index (κ1) is 15.4. The molecule has 2 aromatic rings. The Bertz CT molecular complexity index is 759. The standard InChI is InChI=1S/C18H22N6/c1-13-11-22-8-9-24(13)18(19)10-16(14-2-5-20-6-3-14)23-17-12-21-7-4-15(17)18/h2-7,12-13,22H,8-11,19H2,1H3. The molecule has 4 rings (SSSR count). The monoisotopic (exact) mass is 322 g/mol. The molecule has 0 aliphatic carbocycles. The average molecular weight is 322 g/mol. The number of pyridine rings is 2. The lowest BCUT2D eigenvalue weighted by Crippen LogP contribution is -2.64. The maximum atomic E-state index is 7.04. The third kappa shape index (κ3) is 2.53. The van der Waals surface area contributed by atoms with E-state index in [2.05, 4.69) is 27.1 Å². The van der Waals surface area contributed by atoms with Crippen LogP contribution in [-0.4, -0.2) is 46.3 Å². The molecule has 124 valence electrons. The number of piperazine rings is 1. The van der Waals surface area contributed by atoms with Crippen LogP contribution in [0.15, 0.2) is 48.0 Å². The molecule has 24 heavy (non-hydrogen) atoms. The topological polar surface area (TPSA) is 79.4 Å². The van der Waals surface area contributed by atoms with Crippen molar-refractivity contribution in [2.24, 2.45) is 10.7 Å². The van der Waals surface area contributed by atoms with Gasteiger partial charge in [0.15, 0.2) is 0 Å². The minimum absolute atomic E-state index is 0.363. The van der Waals surface area contributed by atoms with Crippen molar-refractivity contribution in [3.8, 4) is 0 Å². The van der Waals surface area contributed by atoms with Crippen molar-refractivity contribution in [2.75, 3.05) is 19.6 Å². The van der Waals surface area contributed by atoms with Gasteiger partial charge in [-0.25, -0.2) is 0 Å². The number of nitrogens with one attached hydrogen (secondary N) is 1. The first-order valence-corrected chi connectivity index (χ1v) is 8.37. The molecule has 2 unspecified atom stereocenters. The molecule has 0 bridgehead atoms. The molecule has 0 spiro atoms. The van der Waals surface area contributed by atoms with Crippen LogP contribution in [0.3, 0.4) is 0 Å². The van der Waals surface area contributed by atoms with E-state index in [4.69, 9.17) is 10.7 Å². The molecule has 0 aromatic carbocycles. The summed E-state index contributed by atoms with van der Waals surface area (Å²) < 4.78 is 0. The molecule has 6 nitrogen and oxygen atoms in total. The summed E-state index contributed by atoms with van der Waals surface area (Å²) in [6.07, 6.45) is 7.88. The van der Waals surface area contributed by atoms with E-state index >= 15 is 0 Å². The molecule has 0 radical (unpaired) electrons. The van der Waals surface area contributed by atoms with Gasteiger partial charge in [-0.05, 0) is 30.7 Å². The second kappa shape index (κ2) is 6.05. The number of rotatable bonds is 2. The highest BCUT2D eigenvalue weighted by Crippen LogP contribution is 2.40. The van der Waals surface area contributed by atoms with Gasteiger partial charge >= 0.3 is 0 Å². The summed E-state index contributed by atoms with van der Waals surface area (Å²) >= 11 is 0. The van der Waals surface area contributed by atoms with Crippen molar-refractivity contribution in [2.45, 2.75) is 25.0 Å². The number of hydrogen-bond donors (Lipinski definition) is 2. The van der Waals surface area contributed by atoms with E-state index < -0.39 is 5.66 Å². The van der Waals surface area contributed by atoms with Crippen LogP contribution in [0, 0.1) is 0 Å². The predicted molar refractivity (Wildman–Crippen MR) is 94.2 cm³/mol. The van der Waals surface area contributed by atoms with Gasteiger partial charge in [-0.3, -0.25) is 19.9 Å². The summed E-state index contributed by atoms with van der Waals surface area (Å²) in [4.78, 5) is 15.6. The van der Waals surface area contributed by atoms with Crippen molar-refractivity contribution in [1.82, 2.24) is 20.2 Å². The van der Waals surface area contributed by atoms with Crippen LogP contribution in [0.25, 0.3) is 0 Å². The van der Waals surface area contributed by atoms with E-state index in [1.165, 1.54) is 0 Å². The van der Waals surface area contributed by atoms with E-state index in [1.807, 2.05) is 24.4 Å². The maximum absolute atomic E-state index is 7.04. The molecule has 0 saturated carbocycles. The second-order valence-electron chi connectivity index (χ2n) is 6.53. The van der Waals surface area contributed by atoms with Gasteiger partial charge in [0.05, 0.1) is 17.6 Å². The maximum Gasteiger partial charge on any atom is 0.103 e. The summed E-state index contributed by atoms with van der Waals surface area (Å²) in [5.41, 5.74) is 10.5. The summed E-state index contributed by atoms with van der Waals surface area (Å²) in [5, 5.41) is 3.44. The number of hydrogen-bond acceptors (Lipinski definition) is 6. The molecule has 6 heteroatoms. The first-order chi connectivity index (χ1) is 11.7. The zero-order valence-electron chi connectivity index (χ0n) is 13.8. The van der Waals surface area contributed by atoms with Gasteiger partial charge < -0.3 is 11.1 Å². The van der Waals surface area contributed by atoms with E-state index in [9.17, 15) is 0 Å². The lowest BCUT2D eigenvalue weighted by molar-refractivity contribution is 0.0373. The van der Waals surface area contributed by atoms with E-state index in [1.54, 1.807) is 18.6 Å². The number of aliphatic imine (C=N–C) groups is 1. The smallest absolute Gasteiger partial charge is 0.103 e. The Morgan fingerprint density at radius 3 is 2.79 bits per heavy atom. The third-order valence-corrected chi connectivity index (χ3v) is 4.99. The van der Waals surface area contributed by atoms with Crippen molar-refractivity contribution in [3.63, 3.8) is 0 Å². The fourth-order valence-electron chi connectivity index (χ4n) is 3.78. The predicted octanol–water partition coefficient (Wildman–Crippen LogP) is 1.41. The number of fused-ring (bicyclic) bond motifs is 1. The van der Waals surface area contributed by atoms with Gasteiger partial charge in [0, 0.05) is 56.3 Å². The van der Waals surface area contributed by atoms with E-state index in [-0.39, 0.29) is 0 Å². The van der Waals surface area contributed by atoms with E-state index in [0.29, 0.717) is 12.5 Å². The van der Waals surface area contributed by atoms with Gasteiger partial charge in [-0.15, -0.1) is 0 Å². The van der Waals surface area contributed by atoms with Gasteiger partial charge in [-0.1, -0.05) is 0 Å². The van der Waals surface area contributed by atoms with Crippen molar-refractivity contribution >= 4 is 11.4 Å². The Morgan fingerprint density at radius 1 is 1.21 bits per heavy atom. The largest absolute Gasteiger partial charge is 0.314 e. The van der Waals surface area contributed by atoms with Crippen molar-refractivity contribution < 1.29 is 0 Å². The lowest BCUT2D eigenvalue weighted by Gasteiger charge is -2.49. The Kier molecular flexibility index (Phi) is 3.88. The molecule has 2 aliphatic rings. The molecule has 3 N–H and O–H groups in total. The quantitative estimate of drug-likeness (QED) is 0.874. The van der Waals surface area contributed by atoms with Crippen LogP contribution < -0.4 is 11.1 Å². The number of aromatic nitrogens is 2. The third-order valence-electron chi connectivity index (χ3n) is 4.99. The van der Waals surface area contributed by atoms with Crippen LogP contribution in [0.2, 0.25) is 0 Å². The highest BCUT2D eigenvalue weighted by atomic mass is 15.3. The molecule has 1 fully saturated rings. The fraction of sp³-hybridized carbons (Fsp3) is 0.389. The molecular weight excluding hydrogens is 300 g/mol. The van der Waals surface area contributed by atoms with Gasteiger partial charge in [0.1, 0.15) is 5.66 Å². The van der Waals surface area contributed by atoms with Crippen molar-refractivity contribution in [1.29, 1.82) is 0 Å². The zero-order chi connectivity index (χ0) is 16.6. The Hall–Kier alpha value is -2.15. The SMILES string of the molecule is CC1CNCCN1C1(N)CC(c2ccncc2)=Nc2cnccc21. The second-order valence-corrected chi connectivity index (χ2v) is 6.53. The molecule has 2 aromatic heterocycles. The van der Waals surface area contributed by atoms with Gasteiger partial charge in [-0.2, -0.15) is 0 Å². The Balaban J connectivity index is 1.82. The Morgan fingerprint density at radius 2 is 2.00 bits per heavy atom. The molecule has 4 heterocycles. The number of nitrogens with two attached hydrogens (primary N) is 1. The minimum atomic E-state index is -0.569. The fourth-order valence-corrected chi connectivity index (χ4v) is 3.78. The highest BCUT2D eigenvalue weighted by Gasteiger charge is 2.43. The minimum Gasteiger partial charge on any atom is -0.314 e. The summed E-state index contributed by atoms with van der Waals surface area (Å²) in [6, 6.07) is 6.35. The van der Waals surface area contributed by atoms with Crippen LogP contribution in [0.4, 0.5) is 5.69 Å². The molecule has 2 aliphatic heterocycles. The van der Waals surface area contributed by atoms with Gasteiger partial charge in [0.2, 0.25) is 0 Å². The molecule has 2 atom stereocenters. The van der Waals surface area contributed by atoms with Crippen LogP contribution in [0.5, 0.6) is 0 Å². The average Bonchev–Trinajstić information content (AvgIpc) is 2.63. The lowest BCUT2D eigenvalue weighted by atomic mass is 9.85. The normalized spacial score (nSPS) is 27.4. The van der Waals surface area contributed by atoms with Crippen LogP contribution in [0.1, 0.15) is 24.5 Å². The van der Waals surface area contributed by atoms with Crippen LogP contribution >= 0.6 is 0 Å².